The number of morpholine rings is 1. The van der Waals surface area contributed by atoms with Crippen LogP contribution >= 0.6 is 0 Å². The van der Waals surface area contributed by atoms with Gasteiger partial charge < -0.3 is 25.4 Å². The lowest BCUT2D eigenvalue weighted by atomic mass is 10.1. The number of ether oxygens (including phenoxy) is 1. The smallest absolute Gasteiger partial charge is 0.319 e. The molecule has 0 aliphatic carbocycles. The highest BCUT2D eigenvalue weighted by molar-refractivity contribution is 7.80. The van der Waals surface area contributed by atoms with Gasteiger partial charge in [-0.1, -0.05) is 0 Å². The number of amides is 2. The number of nitrogens with zero attached hydrogens (tertiary/aromatic N) is 3. The third-order valence-corrected chi connectivity index (χ3v) is 6.67. The molecule has 1 saturated heterocycles. The van der Waals surface area contributed by atoms with Crippen LogP contribution in [0.4, 0.5) is 16.3 Å². The van der Waals surface area contributed by atoms with Crippen LogP contribution in [0.5, 0.6) is 0 Å². The Balaban J connectivity index is 1.86. The maximum atomic E-state index is 12.0. The summed E-state index contributed by atoms with van der Waals surface area (Å²) in [5, 5.41) is 14.9. The number of aliphatic hydroxyl groups is 1. The summed E-state index contributed by atoms with van der Waals surface area (Å²) in [5.74, 6) is 1.61. The number of urea groups is 1. The minimum Gasteiger partial charge on any atom is -0.396 e. The molecule has 2 amide bonds. The maximum absolute atomic E-state index is 12.0. The molecule has 8 nitrogen and oxygen atoms in total. The SMILES string of the molecule is CC(C)[SH+]C(C)(C)c1cc(N2CCOCC2)nc(-c2ccc(NC(=O)NCCCO)cc2)n1. The van der Waals surface area contributed by atoms with Crippen molar-refractivity contribution in [3.63, 3.8) is 0 Å². The van der Waals surface area contributed by atoms with E-state index in [-0.39, 0.29) is 17.4 Å². The molecule has 1 aromatic carbocycles. The van der Waals surface area contributed by atoms with E-state index in [2.05, 4.69) is 49.3 Å². The molecule has 1 fully saturated rings. The molecule has 0 spiro atoms. The van der Waals surface area contributed by atoms with E-state index in [4.69, 9.17) is 19.8 Å². The third-order valence-electron chi connectivity index (χ3n) is 5.28. The molecule has 0 saturated carbocycles. The van der Waals surface area contributed by atoms with Crippen LogP contribution in [0.15, 0.2) is 30.3 Å². The van der Waals surface area contributed by atoms with Crippen molar-refractivity contribution in [2.45, 2.75) is 44.1 Å². The van der Waals surface area contributed by atoms with Gasteiger partial charge in [-0.3, -0.25) is 0 Å². The van der Waals surface area contributed by atoms with Gasteiger partial charge in [0.2, 0.25) is 0 Å². The molecule has 180 valence electrons. The monoisotopic (exact) mass is 474 g/mol. The first-order chi connectivity index (χ1) is 15.8. The Morgan fingerprint density at radius 3 is 2.55 bits per heavy atom. The predicted octanol–water partition coefficient (Wildman–Crippen LogP) is 2.94. The van der Waals surface area contributed by atoms with Crippen molar-refractivity contribution >= 4 is 29.3 Å². The molecule has 33 heavy (non-hydrogen) atoms. The van der Waals surface area contributed by atoms with Gasteiger partial charge in [-0.15, -0.1) is 0 Å². The fraction of sp³-hybridized carbons (Fsp3) is 0.542. The molecule has 0 unspecified atom stereocenters. The number of aliphatic hydroxyl groups excluding tert-OH is 1. The Morgan fingerprint density at radius 1 is 1.21 bits per heavy atom. The van der Waals surface area contributed by atoms with Gasteiger partial charge in [-0.05, 0) is 70.1 Å². The van der Waals surface area contributed by atoms with Crippen LogP contribution in [0.1, 0.15) is 39.8 Å². The summed E-state index contributed by atoms with van der Waals surface area (Å²) in [5.41, 5.74) is 2.60. The molecule has 2 aromatic rings. The van der Waals surface area contributed by atoms with Crippen LogP contribution in [0.25, 0.3) is 11.4 Å². The molecule has 1 aliphatic rings. The van der Waals surface area contributed by atoms with Gasteiger partial charge in [0.05, 0.1) is 13.2 Å². The fourth-order valence-corrected chi connectivity index (χ4v) is 5.24. The summed E-state index contributed by atoms with van der Waals surface area (Å²) < 4.78 is 5.41. The van der Waals surface area contributed by atoms with E-state index in [1.165, 1.54) is 11.8 Å². The van der Waals surface area contributed by atoms with Crippen molar-refractivity contribution in [2.75, 3.05) is 49.7 Å². The van der Waals surface area contributed by atoms with Crippen molar-refractivity contribution in [2.24, 2.45) is 0 Å². The lowest BCUT2D eigenvalue weighted by Crippen LogP contribution is -2.37. The topological polar surface area (TPSA) is 99.6 Å². The molecular weight excluding hydrogens is 438 g/mol. The number of hydrogen-bond acceptors (Lipinski definition) is 6. The number of hydrogen-bond donors (Lipinski definition) is 3. The molecule has 1 aliphatic heterocycles. The molecule has 3 rings (SSSR count). The molecule has 3 N–H and O–H groups in total. The van der Waals surface area contributed by atoms with Crippen LogP contribution in [0.3, 0.4) is 0 Å². The van der Waals surface area contributed by atoms with Gasteiger partial charge in [-0.2, -0.15) is 0 Å². The maximum Gasteiger partial charge on any atom is 0.319 e. The third kappa shape index (κ3) is 7.31. The number of benzene rings is 1. The number of carbonyl (C=O) groups excluding carboxylic acids is 1. The summed E-state index contributed by atoms with van der Waals surface area (Å²) >= 11 is 1.31. The number of rotatable bonds is 9. The number of thiol groups is 1. The van der Waals surface area contributed by atoms with Crippen molar-refractivity contribution in [3.05, 3.63) is 36.0 Å². The zero-order valence-electron chi connectivity index (χ0n) is 20.0. The van der Waals surface area contributed by atoms with Gasteiger partial charge in [-0.25, -0.2) is 14.8 Å². The first kappa shape index (κ1) is 25.3. The Kier molecular flexibility index (Phi) is 8.94. The van der Waals surface area contributed by atoms with Crippen molar-refractivity contribution < 1.29 is 14.6 Å². The number of anilines is 2. The van der Waals surface area contributed by atoms with Crippen molar-refractivity contribution in [1.82, 2.24) is 15.3 Å². The van der Waals surface area contributed by atoms with Gasteiger partial charge in [0.15, 0.2) is 10.6 Å². The molecule has 0 atom stereocenters. The molecule has 0 radical (unpaired) electrons. The first-order valence-corrected chi connectivity index (χ1v) is 12.5. The number of nitrogens with one attached hydrogen (secondary N) is 2. The van der Waals surface area contributed by atoms with Crippen molar-refractivity contribution in [1.29, 1.82) is 0 Å². The molecular formula is C24H36N5O3S+. The van der Waals surface area contributed by atoms with Crippen LogP contribution in [-0.2, 0) is 21.2 Å². The molecule has 0 bridgehead atoms. The Hall–Kier alpha value is -2.36. The zero-order chi connectivity index (χ0) is 23.8. The first-order valence-electron chi connectivity index (χ1n) is 11.5. The van der Waals surface area contributed by atoms with Crippen LogP contribution in [0, 0.1) is 0 Å². The van der Waals surface area contributed by atoms with E-state index in [1.54, 1.807) is 0 Å². The van der Waals surface area contributed by atoms with E-state index < -0.39 is 0 Å². The van der Waals surface area contributed by atoms with Crippen LogP contribution < -0.4 is 15.5 Å². The summed E-state index contributed by atoms with van der Waals surface area (Å²) in [6.07, 6.45) is 0.526. The van der Waals surface area contributed by atoms with E-state index >= 15 is 0 Å². The largest absolute Gasteiger partial charge is 0.396 e. The second-order valence-corrected chi connectivity index (χ2v) is 11.3. The molecule has 2 heterocycles. The van der Waals surface area contributed by atoms with E-state index in [0.29, 0.717) is 42.9 Å². The molecule has 9 heteroatoms. The fourth-order valence-electron chi connectivity index (χ4n) is 3.70. The second kappa shape index (κ2) is 11.7. The minimum atomic E-state index is -0.293. The molecule has 1 aromatic heterocycles. The van der Waals surface area contributed by atoms with Gasteiger partial charge in [0.25, 0.3) is 0 Å². The van der Waals surface area contributed by atoms with Crippen LogP contribution in [0.2, 0.25) is 0 Å². The van der Waals surface area contributed by atoms with Gasteiger partial charge in [0, 0.05) is 43.6 Å². The Labute approximate surface area is 200 Å². The van der Waals surface area contributed by atoms with Crippen molar-refractivity contribution in [3.8, 4) is 11.4 Å². The standard InChI is InChI=1S/C24H35N5O3S/c1-17(2)33-24(3,4)20-16-21(29-11-14-32-15-12-29)28-22(27-20)18-6-8-19(9-7-18)26-23(31)25-10-5-13-30/h6-9,16-17,30H,5,10-15H2,1-4H3,(H2,25,26,31)/p+1. The highest BCUT2D eigenvalue weighted by Crippen LogP contribution is 2.31. The van der Waals surface area contributed by atoms with E-state index in [0.717, 1.165) is 30.2 Å². The number of aromatic nitrogens is 2. The lowest BCUT2D eigenvalue weighted by Gasteiger charge is -2.29. The summed E-state index contributed by atoms with van der Waals surface area (Å²) in [4.78, 5) is 24.1. The minimum absolute atomic E-state index is 0.0496. The second-order valence-electron chi connectivity index (χ2n) is 8.85. The zero-order valence-corrected chi connectivity index (χ0v) is 20.9. The predicted molar refractivity (Wildman–Crippen MR) is 136 cm³/mol. The quantitative estimate of drug-likeness (QED) is 0.294. The summed E-state index contributed by atoms with van der Waals surface area (Å²) in [7, 11) is 0. The Bertz CT molecular complexity index is 915. The van der Waals surface area contributed by atoms with E-state index in [1.807, 2.05) is 24.3 Å². The summed E-state index contributed by atoms with van der Waals surface area (Å²) in [6.45, 7) is 12.4. The average molecular weight is 475 g/mol. The highest BCUT2D eigenvalue weighted by atomic mass is 32.2. The highest BCUT2D eigenvalue weighted by Gasteiger charge is 2.34. The lowest BCUT2D eigenvalue weighted by molar-refractivity contribution is 0.122. The van der Waals surface area contributed by atoms with E-state index in [9.17, 15) is 4.79 Å². The Morgan fingerprint density at radius 2 is 1.91 bits per heavy atom. The summed E-state index contributed by atoms with van der Waals surface area (Å²) in [6, 6.07) is 9.39. The normalized spacial score (nSPS) is 14.4. The number of carbonyl (C=O) groups is 1. The average Bonchev–Trinajstić information content (AvgIpc) is 2.79. The van der Waals surface area contributed by atoms with Gasteiger partial charge >= 0.3 is 6.03 Å². The van der Waals surface area contributed by atoms with Crippen LogP contribution in [-0.4, -0.2) is 65.8 Å². The van der Waals surface area contributed by atoms with Gasteiger partial charge in [0.1, 0.15) is 16.8 Å².